The highest BCUT2D eigenvalue weighted by Crippen LogP contribution is 2.32. The van der Waals surface area contributed by atoms with Crippen molar-refractivity contribution in [1.82, 2.24) is 9.97 Å². The minimum Gasteiger partial charge on any atom is -0.326 e. The zero-order valence-electron chi connectivity index (χ0n) is 18.1. The molecule has 0 unspecified atom stereocenters. The van der Waals surface area contributed by atoms with E-state index in [0.29, 0.717) is 5.69 Å². The molecule has 3 aromatic rings. The van der Waals surface area contributed by atoms with Crippen molar-refractivity contribution in [3.8, 4) is 0 Å². The van der Waals surface area contributed by atoms with Crippen molar-refractivity contribution in [3.63, 3.8) is 0 Å². The number of anilines is 4. The number of nitrogens with zero attached hydrogens (tertiary/aromatic N) is 1. The number of benzene rings is 2. The molecule has 1 aromatic heterocycles. The lowest BCUT2D eigenvalue weighted by Gasteiger charge is -2.24. The molecule has 1 atom stereocenters. The van der Waals surface area contributed by atoms with Gasteiger partial charge in [-0.1, -0.05) is 12.1 Å². The lowest BCUT2D eigenvalue weighted by molar-refractivity contribution is -0.137. The predicted molar refractivity (Wildman–Crippen MR) is 120 cm³/mol. The maximum absolute atomic E-state index is 13.0. The van der Waals surface area contributed by atoms with Gasteiger partial charge < -0.3 is 16.0 Å². The number of aromatic nitrogens is 2. The summed E-state index contributed by atoms with van der Waals surface area (Å²) in [4.78, 5) is 44.6. The second-order valence-electron chi connectivity index (χ2n) is 7.97. The van der Waals surface area contributed by atoms with E-state index in [1.54, 1.807) is 12.1 Å². The Morgan fingerprint density at radius 1 is 1.06 bits per heavy atom. The molecule has 4 N–H and O–H groups in total. The first-order chi connectivity index (χ1) is 16.0. The third kappa shape index (κ3) is 4.77. The second kappa shape index (κ2) is 8.65. The maximum Gasteiger partial charge on any atom is 0.416 e. The number of H-pyrrole nitrogens is 1. The van der Waals surface area contributed by atoms with E-state index in [-0.39, 0.29) is 29.4 Å². The summed E-state index contributed by atoms with van der Waals surface area (Å²) in [6, 6.07) is 9.68. The molecule has 2 heterocycles. The van der Waals surface area contributed by atoms with Gasteiger partial charge in [0, 0.05) is 17.8 Å². The van der Waals surface area contributed by atoms with E-state index in [9.17, 15) is 27.6 Å². The van der Waals surface area contributed by atoms with E-state index in [0.717, 1.165) is 23.3 Å². The SMILES string of the molecule is Cc1ccc(NC(=O)[C@H]2CC(=O)Nc3nc(Nc4cccc(C(F)(F)F)c4)[nH]c(=O)c32)cc1C. The first-order valence-electron chi connectivity index (χ1n) is 10.3. The van der Waals surface area contributed by atoms with Gasteiger partial charge in [-0.25, -0.2) is 0 Å². The van der Waals surface area contributed by atoms with Crippen molar-refractivity contribution in [1.29, 1.82) is 0 Å². The number of halogens is 3. The number of aromatic amines is 1. The monoisotopic (exact) mass is 471 g/mol. The van der Waals surface area contributed by atoms with Crippen LogP contribution < -0.4 is 21.5 Å². The van der Waals surface area contributed by atoms with Gasteiger partial charge in [0.05, 0.1) is 17.0 Å². The third-order valence-electron chi connectivity index (χ3n) is 5.49. The highest BCUT2D eigenvalue weighted by Gasteiger charge is 2.35. The summed E-state index contributed by atoms with van der Waals surface area (Å²) in [5.41, 5.74) is 0.951. The van der Waals surface area contributed by atoms with E-state index < -0.39 is 35.0 Å². The largest absolute Gasteiger partial charge is 0.416 e. The fraction of sp³-hybridized carbons (Fsp3) is 0.217. The highest BCUT2D eigenvalue weighted by molar-refractivity contribution is 6.04. The van der Waals surface area contributed by atoms with E-state index >= 15 is 0 Å². The van der Waals surface area contributed by atoms with Gasteiger partial charge in [0.2, 0.25) is 17.8 Å². The Morgan fingerprint density at radius 2 is 1.82 bits per heavy atom. The Balaban J connectivity index is 1.62. The van der Waals surface area contributed by atoms with Gasteiger partial charge in [-0.2, -0.15) is 18.2 Å². The van der Waals surface area contributed by atoms with E-state index in [4.69, 9.17) is 0 Å². The van der Waals surface area contributed by atoms with Gasteiger partial charge in [0.1, 0.15) is 5.82 Å². The van der Waals surface area contributed by atoms with Crippen LogP contribution in [0.5, 0.6) is 0 Å². The molecule has 0 radical (unpaired) electrons. The van der Waals surface area contributed by atoms with E-state index in [1.165, 1.54) is 12.1 Å². The minimum absolute atomic E-state index is 0.0316. The van der Waals surface area contributed by atoms with E-state index in [2.05, 4.69) is 25.9 Å². The lowest BCUT2D eigenvalue weighted by atomic mass is 9.92. The summed E-state index contributed by atoms with van der Waals surface area (Å²) in [5, 5.41) is 7.78. The van der Waals surface area contributed by atoms with Gasteiger partial charge in [0.15, 0.2) is 0 Å². The number of hydrogen-bond donors (Lipinski definition) is 4. The number of alkyl halides is 3. The lowest BCUT2D eigenvalue weighted by Crippen LogP contribution is -2.36. The number of carbonyl (C=O) groups is 2. The summed E-state index contributed by atoms with van der Waals surface area (Å²) in [6.07, 6.45) is -4.80. The topological polar surface area (TPSA) is 116 Å². The standard InChI is InChI=1S/C23H20F3N5O3/c1-11-6-7-15(8-12(11)2)27-20(33)16-10-17(32)29-19-18(16)21(34)31-22(30-19)28-14-5-3-4-13(9-14)23(24,25)26/h3-9,16H,10H2,1-2H3,(H,27,33)(H3,28,29,30,31,32,34)/t16-/m0/s1. The van der Waals surface area contributed by atoms with Crippen LogP contribution in [0.15, 0.2) is 47.3 Å². The van der Waals surface area contributed by atoms with Crippen molar-refractivity contribution >= 4 is 35.0 Å². The quantitative estimate of drug-likeness (QED) is 0.455. The van der Waals surface area contributed by atoms with Crippen molar-refractivity contribution in [2.24, 2.45) is 0 Å². The number of aryl methyl sites for hydroxylation is 2. The fourth-order valence-electron chi connectivity index (χ4n) is 3.61. The molecular weight excluding hydrogens is 451 g/mol. The van der Waals surface area contributed by atoms with Gasteiger partial charge in [-0.15, -0.1) is 0 Å². The number of carbonyl (C=O) groups excluding carboxylic acids is 2. The number of amides is 2. The molecule has 2 aromatic carbocycles. The molecule has 0 saturated heterocycles. The Hall–Kier alpha value is -4.15. The average Bonchev–Trinajstić information content (AvgIpc) is 2.75. The number of nitrogens with one attached hydrogen (secondary N) is 4. The van der Waals surface area contributed by atoms with Gasteiger partial charge in [-0.05, 0) is 55.3 Å². The first-order valence-corrected chi connectivity index (χ1v) is 10.3. The van der Waals surface area contributed by atoms with E-state index in [1.807, 2.05) is 19.9 Å². The molecule has 0 spiro atoms. The predicted octanol–water partition coefficient (Wildman–Crippen LogP) is 4.21. The van der Waals surface area contributed by atoms with Crippen LogP contribution in [-0.2, 0) is 15.8 Å². The molecule has 0 fully saturated rings. The Labute approximate surface area is 191 Å². The van der Waals surface area contributed by atoms with Crippen LogP contribution in [0.3, 0.4) is 0 Å². The Morgan fingerprint density at radius 3 is 2.53 bits per heavy atom. The molecule has 176 valence electrons. The summed E-state index contributed by atoms with van der Waals surface area (Å²) in [6.45, 7) is 3.82. The maximum atomic E-state index is 13.0. The summed E-state index contributed by atoms with van der Waals surface area (Å²) in [5.74, 6) is -2.47. The zero-order valence-corrected chi connectivity index (χ0v) is 18.1. The van der Waals surface area contributed by atoms with Crippen LogP contribution in [0.4, 0.5) is 36.3 Å². The van der Waals surface area contributed by atoms with Crippen LogP contribution >= 0.6 is 0 Å². The van der Waals surface area contributed by atoms with Crippen molar-refractivity contribution < 1.29 is 22.8 Å². The van der Waals surface area contributed by atoms with Crippen LogP contribution in [0.25, 0.3) is 0 Å². The zero-order chi connectivity index (χ0) is 24.6. The van der Waals surface area contributed by atoms with Gasteiger partial charge in [-0.3, -0.25) is 19.4 Å². The molecule has 34 heavy (non-hydrogen) atoms. The average molecular weight is 471 g/mol. The molecule has 8 nitrogen and oxygen atoms in total. The first kappa shape index (κ1) is 23.0. The molecule has 11 heteroatoms. The molecule has 0 saturated carbocycles. The van der Waals surface area contributed by atoms with Crippen LogP contribution in [0, 0.1) is 13.8 Å². The molecule has 2 amide bonds. The number of rotatable bonds is 4. The number of hydrogen-bond acceptors (Lipinski definition) is 5. The third-order valence-corrected chi connectivity index (χ3v) is 5.49. The van der Waals surface area contributed by atoms with Crippen LogP contribution in [0.2, 0.25) is 0 Å². The van der Waals surface area contributed by atoms with Gasteiger partial charge >= 0.3 is 6.18 Å². The minimum atomic E-state index is -4.54. The van der Waals surface area contributed by atoms with Crippen molar-refractivity contribution in [2.75, 3.05) is 16.0 Å². The smallest absolute Gasteiger partial charge is 0.326 e. The molecular formula is C23H20F3N5O3. The molecule has 4 rings (SSSR count). The summed E-state index contributed by atoms with van der Waals surface area (Å²) in [7, 11) is 0. The summed E-state index contributed by atoms with van der Waals surface area (Å²) < 4.78 is 38.9. The highest BCUT2D eigenvalue weighted by atomic mass is 19.4. The summed E-state index contributed by atoms with van der Waals surface area (Å²) >= 11 is 0. The fourth-order valence-corrected chi connectivity index (χ4v) is 3.61. The van der Waals surface area contributed by atoms with Crippen molar-refractivity contribution in [2.45, 2.75) is 32.4 Å². The van der Waals surface area contributed by atoms with Gasteiger partial charge in [0.25, 0.3) is 5.56 Å². The van der Waals surface area contributed by atoms with Crippen LogP contribution in [0.1, 0.15) is 34.6 Å². The molecule has 1 aliphatic rings. The van der Waals surface area contributed by atoms with Crippen LogP contribution in [-0.4, -0.2) is 21.8 Å². The van der Waals surface area contributed by atoms with Crippen molar-refractivity contribution in [3.05, 3.63) is 75.1 Å². The second-order valence-corrected chi connectivity index (χ2v) is 7.97. The molecule has 0 aliphatic carbocycles. The Bertz CT molecular complexity index is 1350. The Kier molecular flexibility index (Phi) is 5.86. The number of fused-ring (bicyclic) bond motifs is 1. The molecule has 1 aliphatic heterocycles. The molecule has 0 bridgehead atoms. The normalized spacial score (nSPS) is 15.3.